The minimum atomic E-state index is 0.0295. The van der Waals surface area contributed by atoms with E-state index < -0.39 is 0 Å². The molecule has 0 aliphatic carbocycles. The lowest BCUT2D eigenvalue weighted by atomic mass is 10.1. The molecule has 0 N–H and O–H groups in total. The van der Waals surface area contributed by atoms with Crippen LogP contribution in [-0.2, 0) is 0 Å². The van der Waals surface area contributed by atoms with Crippen molar-refractivity contribution < 1.29 is 4.79 Å². The molecule has 120 valence electrons. The molecule has 1 amide bonds. The van der Waals surface area contributed by atoms with E-state index >= 15 is 0 Å². The van der Waals surface area contributed by atoms with Gasteiger partial charge in [0.15, 0.2) is 0 Å². The molecule has 1 aliphatic heterocycles. The van der Waals surface area contributed by atoms with Crippen molar-refractivity contribution in [2.45, 2.75) is 0 Å². The molecule has 1 saturated heterocycles. The van der Waals surface area contributed by atoms with E-state index in [2.05, 4.69) is 19.9 Å². The topological polar surface area (TPSA) is 62.2 Å². The van der Waals surface area contributed by atoms with Crippen LogP contribution < -0.4 is 4.90 Å². The number of fused-ring (bicyclic) bond motifs is 1. The highest BCUT2D eigenvalue weighted by Crippen LogP contribution is 2.16. The van der Waals surface area contributed by atoms with Crippen molar-refractivity contribution in [3.8, 4) is 0 Å². The molecule has 3 aromatic rings. The minimum Gasteiger partial charge on any atom is -0.337 e. The van der Waals surface area contributed by atoms with E-state index in [9.17, 15) is 4.79 Å². The van der Waals surface area contributed by atoms with Crippen LogP contribution in [0, 0.1) is 0 Å². The van der Waals surface area contributed by atoms with Gasteiger partial charge in [-0.25, -0.2) is 9.97 Å². The zero-order chi connectivity index (χ0) is 16.4. The van der Waals surface area contributed by atoms with E-state index in [0.717, 1.165) is 29.9 Å². The largest absolute Gasteiger partial charge is 0.337 e. The molecular formula is C18H17N5O. The Balaban J connectivity index is 1.47. The summed E-state index contributed by atoms with van der Waals surface area (Å²) in [5.41, 5.74) is 1.54. The summed E-state index contributed by atoms with van der Waals surface area (Å²) >= 11 is 0. The summed E-state index contributed by atoms with van der Waals surface area (Å²) in [5, 5.41) is 0.986. The second-order valence-corrected chi connectivity index (χ2v) is 5.74. The molecule has 0 radical (unpaired) electrons. The number of carbonyl (C=O) groups is 1. The van der Waals surface area contributed by atoms with Gasteiger partial charge in [0.2, 0.25) is 5.95 Å². The predicted octanol–water partition coefficient (Wildman–Crippen LogP) is 1.99. The number of piperazine rings is 1. The van der Waals surface area contributed by atoms with Crippen molar-refractivity contribution in [2.24, 2.45) is 0 Å². The molecule has 24 heavy (non-hydrogen) atoms. The van der Waals surface area contributed by atoms with Gasteiger partial charge in [-0.2, -0.15) is 0 Å². The molecule has 4 rings (SSSR count). The molecule has 1 aromatic carbocycles. The van der Waals surface area contributed by atoms with E-state index in [1.165, 1.54) is 0 Å². The first kappa shape index (κ1) is 14.6. The van der Waals surface area contributed by atoms with Gasteiger partial charge in [0, 0.05) is 50.2 Å². The standard InChI is InChI=1S/C18H17N5O/c24-17(15-12-14-4-1-2-5-16(14)21-13-15)22-8-10-23(11-9-22)18-19-6-3-7-20-18/h1-7,12-13H,8-11H2. The Labute approximate surface area is 139 Å². The number of hydrogen-bond acceptors (Lipinski definition) is 5. The maximum Gasteiger partial charge on any atom is 0.255 e. The average molecular weight is 319 g/mol. The number of benzene rings is 1. The zero-order valence-electron chi connectivity index (χ0n) is 13.2. The van der Waals surface area contributed by atoms with E-state index in [0.29, 0.717) is 18.7 Å². The van der Waals surface area contributed by atoms with Gasteiger partial charge in [0.1, 0.15) is 0 Å². The number of aromatic nitrogens is 3. The van der Waals surface area contributed by atoms with Crippen molar-refractivity contribution in [1.82, 2.24) is 19.9 Å². The van der Waals surface area contributed by atoms with E-state index in [1.54, 1.807) is 24.7 Å². The Morgan fingerprint density at radius 2 is 1.67 bits per heavy atom. The smallest absolute Gasteiger partial charge is 0.255 e. The van der Waals surface area contributed by atoms with Crippen LogP contribution >= 0.6 is 0 Å². The second kappa shape index (κ2) is 6.23. The lowest BCUT2D eigenvalue weighted by Crippen LogP contribution is -2.49. The molecule has 6 heteroatoms. The van der Waals surface area contributed by atoms with Crippen molar-refractivity contribution in [1.29, 1.82) is 0 Å². The molecule has 2 aromatic heterocycles. The fourth-order valence-corrected chi connectivity index (χ4v) is 2.93. The molecule has 0 spiro atoms. The van der Waals surface area contributed by atoms with Crippen LogP contribution in [0.2, 0.25) is 0 Å². The molecule has 0 atom stereocenters. The molecule has 3 heterocycles. The van der Waals surface area contributed by atoms with E-state index in [-0.39, 0.29) is 5.91 Å². The molecule has 1 fully saturated rings. The Hall–Kier alpha value is -3.02. The third kappa shape index (κ3) is 2.78. The maximum absolute atomic E-state index is 12.7. The van der Waals surface area contributed by atoms with Gasteiger partial charge in [-0.1, -0.05) is 18.2 Å². The van der Waals surface area contributed by atoms with Gasteiger partial charge >= 0.3 is 0 Å². The van der Waals surface area contributed by atoms with E-state index in [4.69, 9.17) is 0 Å². The van der Waals surface area contributed by atoms with Gasteiger partial charge in [-0.05, 0) is 18.2 Å². The molecule has 0 unspecified atom stereocenters. The van der Waals surface area contributed by atoms with Crippen molar-refractivity contribution >= 4 is 22.8 Å². The third-order valence-corrected chi connectivity index (χ3v) is 4.24. The SMILES string of the molecule is O=C(c1cnc2ccccc2c1)N1CCN(c2ncccn2)CC1. The van der Waals surface area contributed by atoms with Crippen LogP contribution in [0.1, 0.15) is 10.4 Å². The normalized spacial score (nSPS) is 14.8. The number of amides is 1. The van der Waals surface area contributed by atoms with Gasteiger partial charge in [-0.15, -0.1) is 0 Å². The monoisotopic (exact) mass is 319 g/mol. The van der Waals surface area contributed by atoms with Gasteiger partial charge < -0.3 is 9.80 Å². The summed E-state index contributed by atoms with van der Waals surface area (Å²) in [5.74, 6) is 0.749. The highest BCUT2D eigenvalue weighted by atomic mass is 16.2. The predicted molar refractivity (Wildman–Crippen MR) is 91.9 cm³/mol. The van der Waals surface area contributed by atoms with Crippen molar-refractivity contribution in [3.05, 3.63) is 60.6 Å². The number of hydrogen-bond donors (Lipinski definition) is 0. The lowest BCUT2D eigenvalue weighted by molar-refractivity contribution is 0.0746. The van der Waals surface area contributed by atoms with Gasteiger partial charge in [0.05, 0.1) is 11.1 Å². The minimum absolute atomic E-state index is 0.0295. The maximum atomic E-state index is 12.7. The highest BCUT2D eigenvalue weighted by molar-refractivity contribution is 5.97. The number of rotatable bonds is 2. The molecule has 1 aliphatic rings. The van der Waals surface area contributed by atoms with Crippen molar-refractivity contribution in [2.75, 3.05) is 31.1 Å². The van der Waals surface area contributed by atoms with Crippen LogP contribution in [-0.4, -0.2) is 51.9 Å². The molecular weight excluding hydrogens is 302 g/mol. The van der Waals surface area contributed by atoms with Crippen LogP contribution in [0.15, 0.2) is 55.0 Å². The van der Waals surface area contributed by atoms with E-state index in [1.807, 2.05) is 35.2 Å². The fraction of sp³-hybridized carbons (Fsp3) is 0.222. The van der Waals surface area contributed by atoms with Crippen molar-refractivity contribution in [3.63, 3.8) is 0 Å². The highest BCUT2D eigenvalue weighted by Gasteiger charge is 2.23. The number of carbonyl (C=O) groups excluding carboxylic acids is 1. The first-order valence-electron chi connectivity index (χ1n) is 7.97. The van der Waals surface area contributed by atoms with Crippen LogP contribution in [0.4, 0.5) is 5.95 Å². The van der Waals surface area contributed by atoms with Crippen LogP contribution in [0.25, 0.3) is 10.9 Å². The summed E-state index contributed by atoms with van der Waals surface area (Å²) in [6, 6.07) is 11.5. The summed E-state index contributed by atoms with van der Waals surface area (Å²) in [4.78, 5) is 29.6. The Morgan fingerprint density at radius 3 is 2.46 bits per heavy atom. The zero-order valence-corrected chi connectivity index (χ0v) is 13.2. The lowest BCUT2D eigenvalue weighted by Gasteiger charge is -2.34. The summed E-state index contributed by atoms with van der Waals surface area (Å²) < 4.78 is 0. The fourth-order valence-electron chi connectivity index (χ4n) is 2.93. The quantitative estimate of drug-likeness (QED) is 0.723. The third-order valence-electron chi connectivity index (χ3n) is 4.24. The van der Waals surface area contributed by atoms with Crippen LogP contribution in [0.5, 0.6) is 0 Å². The Kier molecular flexibility index (Phi) is 3.78. The number of para-hydroxylation sites is 1. The average Bonchev–Trinajstić information content (AvgIpc) is 2.68. The van der Waals surface area contributed by atoms with Gasteiger partial charge in [0.25, 0.3) is 5.91 Å². The first-order valence-corrected chi connectivity index (χ1v) is 7.97. The number of anilines is 1. The number of nitrogens with zero attached hydrogens (tertiary/aromatic N) is 5. The van der Waals surface area contributed by atoms with Crippen LogP contribution in [0.3, 0.4) is 0 Å². The molecule has 0 saturated carbocycles. The molecule has 0 bridgehead atoms. The summed E-state index contributed by atoms with van der Waals surface area (Å²) in [6.45, 7) is 2.78. The Bertz CT molecular complexity index is 859. The number of pyridine rings is 1. The molecule has 6 nitrogen and oxygen atoms in total. The second-order valence-electron chi connectivity index (χ2n) is 5.74. The Morgan fingerprint density at radius 1 is 0.917 bits per heavy atom. The summed E-state index contributed by atoms with van der Waals surface area (Å²) in [6.07, 6.45) is 5.14. The van der Waals surface area contributed by atoms with Gasteiger partial charge in [-0.3, -0.25) is 9.78 Å². The summed E-state index contributed by atoms with van der Waals surface area (Å²) in [7, 11) is 0. The first-order chi connectivity index (χ1) is 11.8.